The molecule has 19 heavy (non-hydrogen) atoms. The Morgan fingerprint density at radius 2 is 1.84 bits per heavy atom. The van der Waals surface area contributed by atoms with E-state index in [1.807, 2.05) is 0 Å². The highest BCUT2D eigenvalue weighted by atomic mass is 19.2. The van der Waals surface area contributed by atoms with Gasteiger partial charge in [0, 0.05) is 32.2 Å². The van der Waals surface area contributed by atoms with Crippen LogP contribution in [0.2, 0.25) is 0 Å². The zero-order chi connectivity index (χ0) is 13.8. The maximum Gasteiger partial charge on any atom is 0.159 e. The number of piperazine rings is 1. The minimum Gasteiger partial charge on any atom is -0.314 e. The maximum atomic E-state index is 13.4. The summed E-state index contributed by atoms with van der Waals surface area (Å²) in [5.41, 5.74) is 0.884. The molecule has 0 amide bonds. The molecule has 0 aromatic heterocycles. The summed E-state index contributed by atoms with van der Waals surface area (Å²) >= 11 is 0. The number of halogens is 2. The average Bonchev–Trinajstić information content (AvgIpc) is 2.40. The molecular weight excluding hydrogens is 246 g/mol. The zero-order valence-corrected chi connectivity index (χ0v) is 11.6. The largest absolute Gasteiger partial charge is 0.314 e. The van der Waals surface area contributed by atoms with E-state index in [2.05, 4.69) is 24.1 Å². The van der Waals surface area contributed by atoms with Crippen molar-refractivity contribution >= 4 is 0 Å². The molecule has 0 saturated carbocycles. The molecule has 1 heterocycles. The summed E-state index contributed by atoms with van der Waals surface area (Å²) in [6, 6.07) is 4.48. The Kier molecular flexibility index (Phi) is 4.88. The third kappa shape index (κ3) is 3.74. The van der Waals surface area contributed by atoms with Gasteiger partial charge in [0.2, 0.25) is 0 Å². The fraction of sp³-hybridized carbons (Fsp3) is 0.600. The van der Waals surface area contributed by atoms with E-state index < -0.39 is 11.6 Å². The van der Waals surface area contributed by atoms with E-state index in [1.165, 1.54) is 12.1 Å². The Morgan fingerprint density at radius 1 is 1.16 bits per heavy atom. The van der Waals surface area contributed by atoms with Crippen LogP contribution in [0.15, 0.2) is 18.2 Å². The Morgan fingerprint density at radius 3 is 2.42 bits per heavy atom. The topological polar surface area (TPSA) is 15.3 Å². The van der Waals surface area contributed by atoms with E-state index in [0.717, 1.165) is 38.2 Å². The van der Waals surface area contributed by atoms with Crippen LogP contribution in [0.25, 0.3) is 0 Å². The van der Waals surface area contributed by atoms with E-state index in [9.17, 15) is 8.78 Å². The van der Waals surface area contributed by atoms with Crippen molar-refractivity contribution in [2.75, 3.05) is 26.2 Å². The van der Waals surface area contributed by atoms with E-state index in [-0.39, 0.29) is 6.04 Å². The summed E-state index contributed by atoms with van der Waals surface area (Å²) in [6.45, 7) is 8.15. The number of nitrogens with zero attached hydrogens (tertiary/aromatic N) is 1. The SMILES string of the molecule is CC(C)CC(c1ccc(F)c(F)c1)N1CCNCC1. The molecule has 1 aliphatic heterocycles. The van der Waals surface area contributed by atoms with Gasteiger partial charge < -0.3 is 5.32 Å². The second-order valence-corrected chi connectivity index (χ2v) is 5.60. The summed E-state index contributed by atoms with van der Waals surface area (Å²) in [7, 11) is 0. The fourth-order valence-electron chi connectivity index (χ4n) is 2.66. The first-order chi connectivity index (χ1) is 9.08. The lowest BCUT2D eigenvalue weighted by Gasteiger charge is -2.36. The Bertz CT molecular complexity index is 415. The summed E-state index contributed by atoms with van der Waals surface area (Å²) in [4.78, 5) is 2.36. The van der Waals surface area contributed by atoms with Gasteiger partial charge in [-0.15, -0.1) is 0 Å². The van der Waals surface area contributed by atoms with E-state index in [0.29, 0.717) is 5.92 Å². The van der Waals surface area contributed by atoms with Gasteiger partial charge in [-0.05, 0) is 30.0 Å². The number of hydrogen-bond donors (Lipinski definition) is 1. The van der Waals surface area contributed by atoms with Crippen LogP contribution in [-0.2, 0) is 0 Å². The maximum absolute atomic E-state index is 13.4. The molecule has 1 fully saturated rings. The third-order valence-electron chi connectivity index (χ3n) is 3.62. The molecule has 0 radical (unpaired) electrons. The van der Waals surface area contributed by atoms with Gasteiger partial charge in [0.15, 0.2) is 11.6 Å². The second kappa shape index (κ2) is 6.44. The van der Waals surface area contributed by atoms with E-state index >= 15 is 0 Å². The monoisotopic (exact) mass is 268 g/mol. The lowest BCUT2D eigenvalue weighted by molar-refractivity contribution is 0.153. The molecule has 1 atom stereocenters. The molecule has 0 bridgehead atoms. The molecule has 106 valence electrons. The fourth-order valence-corrected chi connectivity index (χ4v) is 2.66. The lowest BCUT2D eigenvalue weighted by Crippen LogP contribution is -2.45. The minimum atomic E-state index is -0.771. The van der Waals surface area contributed by atoms with Crippen molar-refractivity contribution in [2.24, 2.45) is 5.92 Å². The Balaban J connectivity index is 2.22. The van der Waals surface area contributed by atoms with Gasteiger partial charge >= 0.3 is 0 Å². The number of hydrogen-bond acceptors (Lipinski definition) is 2. The molecule has 2 rings (SSSR count). The van der Waals surface area contributed by atoms with Crippen molar-refractivity contribution < 1.29 is 8.78 Å². The zero-order valence-electron chi connectivity index (χ0n) is 11.6. The first-order valence-corrected chi connectivity index (χ1v) is 6.97. The number of benzene rings is 1. The van der Waals surface area contributed by atoms with Gasteiger partial charge in [-0.25, -0.2) is 8.78 Å². The highest BCUT2D eigenvalue weighted by molar-refractivity contribution is 5.21. The Hall–Kier alpha value is -1.00. The van der Waals surface area contributed by atoms with Crippen LogP contribution in [0.5, 0.6) is 0 Å². The van der Waals surface area contributed by atoms with Gasteiger partial charge in [-0.3, -0.25) is 4.90 Å². The minimum absolute atomic E-state index is 0.178. The van der Waals surface area contributed by atoms with E-state index in [1.54, 1.807) is 6.07 Å². The smallest absolute Gasteiger partial charge is 0.159 e. The number of rotatable bonds is 4. The quantitative estimate of drug-likeness (QED) is 0.903. The van der Waals surface area contributed by atoms with Gasteiger partial charge in [0.25, 0.3) is 0 Å². The second-order valence-electron chi connectivity index (χ2n) is 5.60. The molecule has 1 N–H and O–H groups in total. The van der Waals surface area contributed by atoms with Crippen LogP contribution < -0.4 is 5.32 Å². The van der Waals surface area contributed by atoms with Gasteiger partial charge in [0.1, 0.15) is 0 Å². The van der Waals surface area contributed by atoms with Crippen LogP contribution in [0.4, 0.5) is 8.78 Å². The molecule has 0 spiro atoms. The molecule has 1 aromatic carbocycles. The summed E-state index contributed by atoms with van der Waals surface area (Å²) in [5, 5.41) is 3.32. The molecular formula is C15H22F2N2. The van der Waals surface area contributed by atoms with Crippen LogP contribution in [0, 0.1) is 17.6 Å². The van der Waals surface area contributed by atoms with E-state index in [4.69, 9.17) is 0 Å². The predicted molar refractivity (Wildman–Crippen MR) is 73.0 cm³/mol. The predicted octanol–water partition coefficient (Wildman–Crippen LogP) is 2.96. The molecule has 1 saturated heterocycles. The standard InChI is InChI=1S/C15H22F2N2/c1-11(2)9-15(19-7-5-18-6-8-19)12-3-4-13(16)14(17)10-12/h3-4,10-11,15,18H,5-9H2,1-2H3. The number of nitrogens with one attached hydrogen (secondary N) is 1. The molecule has 1 aliphatic rings. The van der Waals surface area contributed by atoms with Gasteiger partial charge in [0.05, 0.1) is 0 Å². The van der Waals surface area contributed by atoms with Crippen LogP contribution in [-0.4, -0.2) is 31.1 Å². The summed E-state index contributed by atoms with van der Waals surface area (Å²) in [5.74, 6) is -0.998. The van der Waals surface area contributed by atoms with Crippen molar-refractivity contribution in [3.05, 3.63) is 35.4 Å². The highest BCUT2D eigenvalue weighted by Gasteiger charge is 2.23. The van der Waals surface area contributed by atoms with Crippen molar-refractivity contribution in [1.82, 2.24) is 10.2 Å². The van der Waals surface area contributed by atoms with Crippen molar-refractivity contribution in [3.63, 3.8) is 0 Å². The first-order valence-electron chi connectivity index (χ1n) is 6.97. The summed E-state index contributed by atoms with van der Waals surface area (Å²) < 4.78 is 26.5. The molecule has 1 unspecified atom stereocenters. The highest BCUT2D eigenvalue weighted by Crippen LogP contribution is 2.29. The average molecular weight is 268 g/mol. The molecule has 2 nitrogen and oxygen atoms in total. The normalized spacial score (nSPS) is 18.8. The molecule has 4 heteroatoms. The Labute approximate surface area is 113 Å². The van der Waals surface area contributed by atoms with Crippen molar-refractivity contribution in [1.29, 1.82) is 0 Å². The van der Waals surface area contributed by atoms with Crippen LogP contribution >= 0.6 is 0 Å². The van der Waals surface area contributed by atoms with Gasteiger partial charge in [-0.2, -0.15) is 0 Å². The lowest BCUT2D eigenvalue weighted by atomic mass is 9.95. The van der Waals surface area contributed by atoms with Crippen LogP contribution in [0.3, 0.4) is 0 Å². The molecule has 1 aromatic rings. The summed E-state index contributed by atoms with van der Waals surface area (Å²) in [6.07, 6.45) is 0.963. The first kappa shape index (κ1) is 14.4. The van der Waals surface area contributed by atoms with Crippen molar-refractivity contribution in [3.8, 4) is 0 Å². The molecule has 0 aliphatic carbocycles. The van der Waals surface area contributed by atoms with Crippen molar-refractivity contribution in [2.45, 2.75) is 26.3 Å². The van der Waals surface area contributed by atoms with Gasteiger partial charge in [-0.1, -0.05) is 19.9 Å². The van der Waals surface area contributed by atoms with Crippen LogP contribution in [0.1, 0.15) is 31.9 Å². The third-order valence-corrected chi connectivity index (χ3v) is 3.62.